The number of carbonyl (C=O) groups is 3. The van der Waals surface area contributed by atoms with Gasteiger partial charge in [-0.2, -0.15) is 0 Å². The molecule has 1 N–H and O–H groups in total. The molecule has 4 saturated carbocycles. The number of thioether (sulfide) groups is 1. The largest absolute Gasteiger partial charge is 0.449 e. The molecule has 0 aromatic rings. The summed E-state index contributed by atoms with van der Waals surface area (Å²) in [7, 11) is 0. The molecule has 0 heterocycles. The molecular formula is C28H35F3O5S. The average Bonchev–Trinajstić information content (AvgIpc) is 3.03. The van der Waals surface area contributed by atoms with E-state index in [1.54, 1.807) is 20.8 Å². The number of halogens is 3. The zero-order valence-corrected chi connectivity index (χ0v) is 22.5. The van der Waals surface area contributed by atoms with Gasteiger partial charge in [-0.15, -0.1) is 0 Å². The van der Waals surface area contributed by atoms with E-state index in [9.17, 15) is 23.9 Å². The summed E-state index contributed by atoms with van der Waals surface area (Å²) in [4.78, 5) is 39.1. The molecular weight excluding hydrogens is 505 g/mol. The van der Waals surface area contributed by atoms with Gasteiger partial charge in [0.15, 0.2) is 17.1 Å². The van der Waals surface area contributed by atoms with E-state index >= 15 is 8.78 Å². The normalized spacial score (nSPS) is 47.7. The lowest BCUT2D eigenvalue weighted by Crippen LogP contribution is -2.71. The molecule has 5 aliphatic rings. The van der Waals surface area contributed by atoms with E-state index in [1.807, 2.05) is 0 Å². The molecule has 0 aromatic carbocycles. The van der Waals surface area contributed by atoms with Crippen LogP contribution in [0.15, 0.2) is 23.8 Å². The van der Waals surface area contributed by atoms with E-state index in [1.165, 1.54) is 19.1 Å². The lowest BCUT2D eigenvalue weighted by molar-refractivity contribution is -0.233. The molecule has 5 nitrogen and oxygen atoms in total. The smallest absolute Gasteiger partial charge is 0.312 e. The monoisotopic (exact) mass is 540 g/mol. The summed E-state index contributed by atoms with van der Waals surface area (Å²) in [6.07, 6.45) is 2.31. The van der Waals surface area contributed by atoms with Crippen molar-refractivity contribution < 1.29 is 37.4 Å². The van der Waals surface area contributed by atoms with Crippen LogP contribution in [0.2, 0.25) is 0 Å². The van der Waals surface area contributed by atoms with Crippen LogP contribution in [0.1, 0.15) is 66.2 Å². The molecule has 0 radical (unpaired) electrons. The summed E-state index contributed by atoms with van der Waals surface area (Å²) in [5.41, 5.74) is -7.61. The van der Waals surface area contributed by atoms with Gasteiger partial charge in [0, 0.05) is 22.7 Å². The van der Waals surface area contributed by atoms with E-state index in [4.69, 9.17) is 4.74 Å². The van der Waals surface area contributed by atoms with E-state index in [0.29, 0.717) is 24.6 Å². The fourth-order valence-electron chi connectivity index (χ4n) is 8.56. The second kappa shape index (κ2) is 8.44. The van der Waals surface area contributed by atoms with Gasteiger partial charge in [0.1, 0.15) is 12.2 Å². The van der Waals surface area contributed by atoms with Crippen molar-refractivity contribution in [2.75, 3.05) is 6.01 Å². The van der Waals surface area contributed by atoms with Crippen molar-refractivity contribution in [3.05, 3.63) is 23.8 Å². The molecule has 5 aliphatic carbocycles. The van der Waals surface area contributed by atoms with Crippen LogP contribution in [-0.4, -0.2) is 51.5 Å². The van der Waals surface area contributed by atoms with Gasteiger partial charge in [0.05, 0.1) is 11.5 Å². The highest BCUT2D eigenvalue weighted by molar-refractivity contribution is 8.13. The van der Waals surface area contributed by atoms with Crippen molar-refractivity contribution >= 4 is 28.6 Å². The Morgan fingerprint density at radius 1 is 1.19 bits per heavy atom. The number of ether oxygens (including phenoxy) is 1. The summed E-state index contributed by atoms with van der Waals surface area (Å²) in [6.45, 7) is 6.74. The third-order valence-corrected chi connectivity index (χ3v) is 11.5. The predicted molar refractivity (Wildman–Crippen MR) is 133 cm³/mol. The van der Waals surface area contributed by atoms with Crippen molar-refractivity contribution in [1.29, 1.82) is 0 Å². The second-order valence-corrected chi connectivity index (χ2v) is 13.5. The average molecular weight is 541 g/mol. The van der Waals surface area contributed by atoms with Crippen LogP contribution in [0, 0.1) is 34.0 Å². The molecule has 0 amide bonds. The number of alkyl halides is 3. The minimum absolute atomic E-state index is 0.0205. The molecule has 0 saturated heterocycles. The number of hydrogen-bond acceptors (Lipinski definition) is 6. The van der Waals surface area contributed by atoms with Crippen LogP contribution in [0.3, 0.4) is 0 Å². The van der Waals surface area contributed by atoms with Crippen molar-refractivity contribution in [3.63, 3.8) is 0 Å². The number of aliphatic hydroxyl groups is 1. The molecule has 0 aliphatic heterocycles. The number of carbonyl (C=O) groups excluding carboxylic acids is 3. The van der Waals surface area contributed by atoms with Gasteiger partial charge in [-0.1, -0.05) is 26.3 Å². The number of esters is 1. The maximum atomic E-state index is 17.4. The predicted octanol–water partition coefficient (Wildman–Crippen LogP) is 5.21. The standard InChI is InChI=1S/C28H35F3O5S/c1-15-10-17-18-12-20(30)19-11-16(32)6-9-25(19,3)27(18,31)21(33)13-26(17,4)28(15,23(35)37-14-29)36-22(34)24(2)7-5-8-24/h6,9,11,15,17-18,20-21,33H,5,7-8,10,12-14H2,1-4H3/t15-,17+,18+,20+,21+,25+,26+,27?,28+/m1/s1. The number of aliphatic hydroxyl groups excluding tert-OH is 1. The summed E-state index contributed by atoms with van der Waals surface area (Å²) in [5.74, 6) is -3.19. The van der Waals surface area contributed by atoms with Gasteiger partial charge < -0.3 is 9.84 Å². The molecule has 204 valence electrons. The van der Waals surface area contributed by atoms with Gasteiger partial charge in [-0.25, -0.2) is 13.2 Å². The summed E-state index contributed by atoms with van der Waals surface area (Å²) in [5, 5.41) is 10.9. The Morgan fingerprint density at radius 2 is 1.86 bits per heavy atom. The van der Waals surface area contributed by atoms with Crippen LogP contribution < -0.4 is 0 Å². The van der Waals surface area contributed by atoms with E-state index in [-0.39, 0.29) is 24.8 Å². The number of fused-ring (bicyclic) bond motifs is 5. The molecule has 9 heteroatoms. The van der Waals surface area contributed by atoms with Crippen LogP contribution in [0.4, 0.5) is 13.2 Å². The maximum Gasteiger partial charge on any atom is 0.312 e. The fourth-order valence-corrected chi connectivity index (χ4v) is 9.34. The Balaban J connectivity index is 1.62. The highest BCUT2D eigenvalue weighted by Gasteiger charge is 2.78. The fraction of sp³-hybridized carbons (Fsp3) is 0.750. The first kappa shape index (κ1) is 27.0. The Labute approximate surface area is 219 Å². The number of allylic oxidation sites excluding steroid dienone is 4. The lowest BCUT2D eigenvalue weighted by Gasteiger charge is -2.63. The first-order chi connectivity index (χ1) is 17.2. The van der Waals surface area contributed by atoms with Crippen LogP contribution in [-0.2, 0) is 19.1 Å². The number of ketones is 1. The second-order valence-electron chi connectivity index (χ2n) is 12.6. The quantitative estimate of drug-likeness (QED) is 0.493. The molecule has 1 unspecified atom stereocenters. The Bertz CT molecular complexity index is 1100. The SMILES string of the molecule is C[C@@H]1C[C@H]2[C@@H]3C[C@H](F)C4=CC(=O)C=C[C@]4(C)C3(F)[C@@H](O)C[C@]2(C)[C@@]1(OC(=O)C1(C)CCC1)C(=O)SCF. The van der Waals surface area contributed by atoms with Crippen molar-refractivity contribution in [3.8, 4) is 0 Å². The highest BCUT2D eigenvalue weighted by Crippen LogP contribution is 2.72. The van der Waals surface area contributed by atoms with Crippen molar-refractivity contribution in [2.24, 2.45) is 34.0 Å². The van der Waals surface area contributed by atoms with Crippen LogP contribution in [0.5, 0.6) is 0 Å². The molecule has 0 bridgehead atoms. The zero-order valence-electron chi connectivity index (χ0n) is 21.7. The molecule has 9 atom stereocenters. The van der Waals surface area contributed by atoms with Gasteiger partial charge in [0.25, 0.3) is 0 Å². The third-order valence-electron chi connectivity index (χ3n) is 10.9. The Morgan fingerprint density at radius 3 is 2.46 bits per heavy atom. The van der Waals surface area contributed by atoms with Crippen molar-refractivity contribution in [1.82, 2.24) is 0 Å². The summed E-state index contributed by atoms with van der Waals surface area (Å²) >= 11 is 0.422. The molecule has 5 rings (SSSR count). The topological polar surface area (TPSA) is 80.7 Å². The third kappa shape index (κ3) is 3.25. The molecule has 4 fully saturated rings. The first-order valence-electron chi connectivity index (χ1n) is 13.1. The molecule has 37 heavy (non-hydrogen) atoms. The minimum Gasteiger partial charge on any atom is -0.449 e. The summed E-state index contributed by atoms with van der Waals surface area (Å²) in [6, 6.07) is -1.01. The van der Waals surface area contributed by atoms with E-state index < -0.39 is 80.4 Å². The van der Waals surface area contributed by atoms with Crippen LogP contribution >= 0.6 is 11.8 Å². The lowest BCUT2D eigenvalue weighted by atomic mass is 9.44. The highest BCUT2D eigenvalue weighted by atomic mass is 32.2. The van der Waals surface area contributed by atoms with Gasteiger partial charge >= 0.3 is 5.97 Å². The minimum atomic E-state index is -2.31. The maximum absolute atomic E-state index is 17.4. The van der Waals surface area contributed by atoms with Gasteiger partial charge in [-0.3, -0.25) is 14.4 Å². The van der Waals surface area contributed by atoms with E-state index in [2.05, 4.69) is 0 Å². The van der Waals surface area contributed by atoms with Gasteiger partial charge in [-0.05, 0) is 81.4 Å². The number of hydrogen-bond donors (Lipinski definition) is 1. The summed E-state index contributed by atoms with van der Waals surface area (Å²) < 4.78 is 52.8. The number of rotatable bonds is 4. The first-order valence-corrected chi connectivity index (χ1v) is 14.1. The molecule has 0 aromatic heterocycles. The Hall–Kier alpha value is -1.61. The van der Waals surface area contributed by atoms with Crippen LogP contribution in [0.25, 0.3) is 0 Å². The van der Waals surface area contributed by atoms with Crippen molar-refractivity contribution in [2.45, 2.75) is 89.8 Å². The Kier molecular flexibility index (Phi) is 6.16. The van der Waals surface area contributed by atoms with Gasteiger partial charge in [0.2, 0.25) is 5.12 Å². The zero-order chi connectivity index (χ0) is 27.2. The molecule has 0 spiro atoms. The van der Waals surface area contributed by atoms with E-state index in [0.717, 1.165) is 12.5 Å².